The molecule has 1 aromatic heterocycles. The Morgan fingerprint density at radius 1 is 0.540 bits per heavy atom. The third-order valence-corrected chi connectivity index (χ3v) is 10.2. The van der Waals surface area contributed by atoms with Crippen molar-refractivity contribution >= 4 is 39.0 Å². The van der Waals surface area contributed by atoms with Crippen molar-refractivity contribution in [2.75, 3.05) is 4.90 Å². The Morgan fingerprint density at radius 2 is 1.28 bits per heavy atom. The summed E-state index contributed by atoms with van der Waals surface area (Å²) in [7, 11) is 0. The molecule has 2 aliphatic carbocycles. The van der Waals surface area contributed by atoms with E-state index in [1.54, 1.807) is 26.0 Å². The third kappa shape index (κ3) is 3.91. The van der Waals surface area contributed by atoms with Gasteiger partial charge in [-0.05, 0) is 80.8 Å². The smallest absolute Gasteiger partial charge is 0.145 e. The van der Waals surface area contributed by atoms with Gasteiger partial charge in [-0.25, -0.2) is 0 Å². The Kier molecular flexibility index (Phi) is 3.45. The lowest BCUT2D eigenvalue weighted by Crippen LogP contribution is -2.17. The van der Waals surface area contributed by atoms with E-state index in [9.17, 15) is 8.22 Å². The second-order valence-electron chi connectivity index (χ2n) is 13.6. The second kappa shape index (κ2) is 10.3. The lowest BCUT2D eigenvalue weighted by Gasteiger charge is -2.31. The zero-order valence-corrected chi connectivity index (χ0v) is 27.5. The summed E-state index contributed by atoms with van der Waals surface area (Å²) in [6, 6.07) is 4.29. The monoisotopic (exact) mass is 660 g/mol. The van der Waals surface area contributed by atoms with Gasteiger partial charge in [0.1, 0.15) is 11.2 Å². The van der Waals surface area contributed by atoms with Gasteiger partial charge in [0, 0.05) is 33.0 Å². The quantitative estimate of drug-likeness (QED) is 0.187. The fraction of sp³-hybridized carbons (Fsp3) is 0.125. The van der Waals surface area contributed by atoms with Gasteiger partial charge in [-0.1, -0.05) is 143 Å². The molecule has 0 unspecified atom stereocenters. The first-order valence-corrected chi connectivity index (χ1v) is 16.2. The van der Waals surface area contributed by atoms with Crippen LogP contribution in [-0.2, 0) is 10.8 Å². The largest absolute Gasteiger partial charge is 0.455 e. The number of fused-ring (bicyclic) bond motifs is 9. The summed E-state index contributed by atoms with van der Waals surface area (Å²) in [6.45, 7) is 7.49. The highest BCUT2D eigenvalue weighted by Crippen LogP contribution is 2.57. The van der Waals surface area contributed by atoms with Crippen LogP contribution in [0.1, 0.15) is 73.3 Å². The number of anilines is 3. The van der Waals surface area contributed by atoms with Crippen LogP contribution in [0, 0.1) is 0 Å². The maximum atomic E-state index is 10.3. The van der Waals surface area contributed by atoms with Gasteiger partial charge >= 0.3 is 0 Å². The van der Waals surface area contributed by atoms with E-state index in [0.717, 1.165) is 16.7 Å². The first-order valence-electron chi connectivity index (χ1n) is 24.7. The Hall–Kier alpha value is -5.86. The van der Waals surface area contributed by atoms with Crippen molar-refractivity contribution in [1.29, 1.82) is 0 Å². The van der Waals surface area contributed by atoms with E-state index in [1.165, 1.54) is 11.0 Å². The number of hydrogen-bond donors (Lipinski definition) is 0. The minimum absolute atomic E-state index is 0.113. The molecule has 0 saturated heterocycles. The maximum absolute atomic E-state index is 10.3. The average Bonchev–Trinajstić information content (AvgIpc) is 3.88. The molecule has 0 saturated carbocycles. The number of rotatable bonds is 4. The molecule has 2 nitrogen and oxygen atoms in total. The lowest BCUT2D eigenvalue weighted by atomic mass is 9.82. The van der Waals surface area contributed by atoms with Crippen LogP contribution in [0.25, 0.3) is 55.3 Å². The van der Waals surface area contributed by atoms with E-state index in [-0.39, 0.29) is 74.3 Å². The van der Waals surface area contributed by atoms with Gasteiger partial charge in [-0.2, -0.15) is 0 Å². The summed E-state index contributed by atoms with van der Waals surface area (Å²) in [4.78, 5) is 1.37. The maximum Gasteiger partial charge on any atom is 0.145 e. The molecule has 240 valence electrons. The normalized spacial score (nSPS) is 19.5. The Bertz CT molecular complexity index is 3600. The van der Waals surface area contributed by atoms with Crippen LogP contribution in [0.4, 0.5) is 17.1 Å². The molecule has 0 fully saturated rings. The van der Waals surface area contributed by atoms with Crippen LogP contribution in [0.3, 0.4) is 0 Å². The highest BCUT2D eigenvalue weighted by Gasteiger charge is 2.39. The van der Waals surface area contributed by atoms with Gasteiger partial charge in [-0.15, -0.1) is 0 Å². The van der Waals surface area contributed by atoms with E-state index < -0.39 is 112 Å². The number of para-hydroxylation sites is 1. The van der Waals surface area contributed by atoms with Crippen LogP contribution in [-0.4, -0.2) is 0 Å². The summed E-state index contributed by atoms with van der Waals surface area (Å²) < 4.78 is 161. The van der Waals surface area contributed by atoms with E-state index in [1.807, 2.05) is 44.2 Å². The number of benzene rings is 7. The molecule has 50 heavy (non-hydrogen) atoms. The minimum atomic E-state index is -1.27. The molecule has 0 spiro atoms. The standard InChI is InChI=1S/C48H37NO/c1-47(2)38-21-12-9-18-35(38)44-39(47)22-14-23-41(44)49(31-25-26-34-33-17-8-11-20-37(33)48(3,4)40(34)29-31)42-28-27-32(30-15-6-5-7-16-30)46-45(42)36-19-10-13-24-43(36)50-46/h5-29H,1-4H3/i5D,6D,7D,8D,10D,11D,13D,15D,16D,19D,20D,24D,25D,26D,27D,28D,29D. The molecule has 0 amide bonds. The molecule has 0 radical (unpaired) electrons. The molecular formula is C48H37NO. The molecule has 8 aromatic rings. The third-order valence-electron chi connectivity index (χ3n) is 10.2. The van der Waals surface area contributed by atoms with Crippen molar-refractivity contribution in [3.8, 4) is 33.4 Å². The van der Waals surface area contributed by atoms with E-state index in [0.29, 0.717) is 5.56 Å². The highest BCUT2D eigenvalue weighted by molar-refractivity contribution is 6.17. The van der Waals surface area contributed by atoms with E-state index >= 15 is 0 Å². The van der Waals surface area contributed by atoms with Crippen molar-refractivity contribution in [3.05, 3.63) is 174 Å². The molecule has 2 aliphatic rings. The fourth-order valence-electron chi connectivity index (χ4n) is 7.80. The van der Waals surface area contributed by atoms with Gasteiger partial charge < -0.3 is 9.32 Å². The predicted octanol–water partition coefficient (Wildman–Crippen LogP) is 13.3. The van der Waals surface area contributed by atoms with E-state index in [2.05, 4.69) is 0 Å². The van der Waals surface area contributed by atoms with Crippen molar-refractivity contribution < 1.29 is 27.7 Å². The molecule has 0 aliphatic heterocycles. The summed E-state index contributed by atoms with van der Waals surface area (Å²) >= 11 is 0. The van der Waals surface area contributed by atoms with Crippen LogP contribution in [0.5, 0.6) is 0 Å². The van der Waals surface area contributed by atoms with Crippen LogP contribution in [0.2, 0.25) is 0 Å². The molecular weight excluding hydrogens is 607 g/mol. The summed E-state index contributed by atoms with van der Waals surface area (Å²) in [5.41, 5.74) is -0.276. The van der Waals surface area contributed by atoms with Crippen molar-refractivity contribution in [3.63, 3.8) is 0 Å². The predicted molar refractivity (Wildman–Crippen MR) is 209 cm³/mol. The summed E-state index contributed by atoms with van der Waals surface area (Å²) in [5, 5.41) is -0.549. The van der Waals surface area contributed by atoms with Crippen LogP contribution >= 0.6 is 0 Å². The van der Waals surface area contributed by atoms with Gasteiger partial charge in [0.2, 0.25) is 0 Å². The van der Waals surface area contributed by atoms with Gasteiger partial charge in [0.25, 0.3) is 0 Å². The molecule has 0 atom stereocenters. The Balaban J connectivity index is 1.47. The number of hydrogen-bond acceptors (Lipinski definition) is 2. The molecule has 10 rings (SSSR count). The van der Waals surface area contributed by atoms with Crippen molar-refractivity contribution in [1.82, 2.24) is 0 Å². The van der Waals surface area contributed by atoms with Gasteiger partial charge in [0.05, 0.1) is 40.1 Å². The molecule has 2 heteroatoms. The first-order chi connectivity index (χ1) is 31.4. The first kappa shape index (κ1) is 16.7. The number of nitrogens with zero attached hydrogens (tertiary/aromatic N) is 1. The van der Waals surface area contributed by atoms with Crippen LogP contribution < -0.4 is 4.90 Å². The summed E-state index contributed by atoms with van der Waals surface area (Å²) in [5.74, 6) is 0. The average molecular weight is 661 g/mol. The second-order valence-corrected chi connectivity index (χ2v) is 13.6. The van der Waals surface area contributed by atoms with Gasteiger partial charge in [-0.3, -0.25) is 0 Å². The van der Waals surface area contributed by atoms with Crippen molar-refractivity contribution in [2.45, 2.75) is 38.5 Å². The minimum Gasteiger partial charge on any atom is -0.455 e. The summed E-state index contributed by atoms with van der Waals surface area (Å²) in [6.07, 6.45) is 0. The highest BCUT2D eigenvalue weighted by atomic mass is 16.3. The molecule has 1 heterocycles. The van der Waals surface area contributed by atoms with Crippen molar-refractivity contribution in [2.24, 2.45) is 0 Å². The topological polar surface area (TPSA) is 16.4 Å². The van der Waals surface area contributed by atoms with Gasteiger partial charge in [0.15, 0.2) is 0 Å². The molecule has 7 aromatic carbocycles. The molecule has 0 bridgehead atoms. The zero-order valence-electron chi connectivity index (χ0n) is 44.5. The Labute approximate surface area is 317 Å². The number of furan rings is 1. The molecule has 0 N–H and O–H groups in total. The van der Waals surface area contributed by atoms with E-state index in [4.69, 9.17) is 19.5 Å². The zero-order chi connectivity index (χ0) is 48.6. The fourth-order valence-corrected chi connectivity index (χ4v) is 7.80. The SMILES string of the molecule is [2H]c1cc2c(c([2H])c1[2H])C(C)(C)c1c([2H])c(N(c3cccc4c3-c3ccccc3C4(C)C)c3c([2H])c([2H])c(-c4c([2H])c([2H])c([2H])c([2H])c4[2H])c4oc5c([2H])c([2H])c([2H])c([2H])c5c34)c([2H])c([2H])c1-2. The van der Waals surface area contributed by atoms with Crippen LogP contribution in [0.15, 0.2) is 156 Å². The lowest BCUT2D eigenvalue weighted by molar-refractivity contribution is 0.660. The Morgan fingerprint density at radius 3 is 2.16 bits per heavy atom.